The topological polar surface area (TPSA) is 96.5 Å². The van der Waals surface area contributed by atoms with Gasteiger partial charge in [0.2, 0.25) is 21.8 Å². The second-order valence-electron chi connectivity index (χ2n) is 8.27. The molecule has 3 heterocycles. The normalized spacial score (nSPS) is 22.1. The largest absolute Gasteiger partial charge is 0.486 e. The molecule has 174 valence electrons. The van der Waals surface area contributed by atoms with Gasteiger partial charge < -0.3 is 9.47 Å². The third kappa shape index (κ3) is 4.21. The van der Waals surface area contributed by atoms with Gasteiger partial charge in [0.1, 0.15) is 13.2 Å². The highest BCUT2D eigenvalue weighted by atomic mass is 32.2. The number of carbonyl (C=O) groups excluding carboxylic acids is 2. The monoisotopic (exact) mass is 471 g/mol. The summed E-state index contributed by atoms with van der Waals surface area (Å²) in [6.07, 6.45) is 0.126. The molecule has 2 aromatic rings. The Bertz CT molecular complexity index is 1160. The minimum absolute atomic E-state index is 0.126. The number of nitrogens with zero attached hydrogens (tertiary/aromatic N) is 3. The summed E-state index contributed by atoms with van der Waals surface area (Å²) >= 11 is 0. The Morgan fingerprint density at radius 2 is 1.58 bits per heavy atom. The van der Waals surface area contributed by atoms with E-state index in [0.29, 0.717) is 37.8 Å². The van der Waals surface area contributed by atoms with Crippen LogP contribution >= 0.6 is 0 Å². The summed E-state index contributed by atoms with van der Waals surface area (Å²) in [7, 11) is -3.71. The number of rotatable bonds is 5. The Morgan fingerprint density at radius 1 is 0.879 bits per heavy atom. The van der Waals surface area contributed by atoms with Crippen LogP contribution in [0.2, 0.25) is 0 Å². The van der Waals surface area contributed by atoms with E-state index < -0.39 is 16.1 Å². The van der Waals surface area contributed by atoms with Crippen LogP contribution in [-0.2, 0) is 26.2 Å². The lowest BCUT2D eigenvalue weighted by molar-refractivity contribution is -0.140. The highest BCUT2D eigenvalue weighted by Crippen LogP contribution is 2.33. The number of sulfonamides is 1. The number of fused-ring (bicyclic) bond motifs is 1. The molecule has 0 N–H and O–H groups in total. The zero-order valence-electron chi connectivity index (χ0n) is 18.1. The maximum Gasteiger partial charge on any atom is 0.247 e. The van der Waals surface area contributed by atoms with Crippen molar-refractivity contribution in [3.8, 4) is 11.5 Å². The molecule has 0 aliphatic carbocycles. The van der Waals surface area contributed by atoms with E-state index in [1.807, 2.05) is 35.2 Å². The first-order valence-corrected chi connectivity index (χ1v) is 12.4. The van der Waals surface area contributed by atoms with E-state index in [4.69, 9.17) is 9.47 Å². The lowest BCUT2D eigenvalue weighted by atomic mass is 10.2. The van der Waals surface area contributed by atoms with Gasteiger partial charge in [-0.3, -0.25) is 19.4 Å². The van der Waals surface area contributed by atoms with Crippen LogP contribution in [-0.4, -0.2) is 79.8 Å². The average molecular weight is 472 g/mol. The first kappa shape index (κ1) is 21.9. The van der Waals surface area contributed by atoms with Gasteiger partial charge in [0.25, 0.3) is 0 Å². The fraction of sp³-hybridized carbons (Fsp3) is 0.391. The molecule has 1 atom stereocenters. The Morgan fingerprint density at radius 3 is 2.30 bits per heavy atom. The predicted molar refractivity (Wildman–Crippen MR) is 118 cm³/mol. The van der Waals surface area contributed by atoms with Crippen LogP contribution in [0.4, 0.5) is 0 Å². The molecule has 0 aromatic heterocycles. The van der Waals surface area contributed by atoms with E-state index >= 15 is 0 Å². The maximum absolute atomic E-state index is 13.2. The molecule has 2 aromatic carbocycles. The van der Waals surface area contributed by atoms with Crippen molar-refractivity contribution in [2.45, 2.75) is 23.9 Å². The smallest absolute Gasteiger partial charge is 0.247 e. The van der Waals surface area contributed by atoms with Gasteiger partial charge in [-0.2, -0.15) is 4.31 Å². The van der Waals surface area contributed by atoms with Crippen LogP contribution in [0.3, 0.4) is 0 Å². The molecule has 33 heavy (non-hydrogen) atoms. The van der Waals surface area contributed by atoms with E-state index in [-0.39, 0.29) is 42.8 Å². The third-order valence-electron chi connectivity index (χ3n) is 6.27. The van der Waals surface area contributed by atoms with Crippen LogP contribution in [0.15, 0.2) is 53.4 Å². The van der Waals surface area contributed by atoms with E-state index in [0.717, 1.165) is 5.56 Å². The predicted octanol–water partition coefficient (Wildman–Crippen LogP) is 1.09. The van der Waals surface area contributed by atoms with Crippen LogP contribution in [0.25, 0.3) is 0 Å². The standard InChI is InChI=1S/C23H25N3O6S/c27-22-15-19(23(28)26(22)16-17-4-2-1-3-5-17)24-8-10-25(11-9-24)33(29,30)18-6-7-20-21(14-18)32-13-12-31-20/h1-7,14,19H,8-13,15-16H2. The molecule has 10 heteroatoms. The number of benzene rings is 2. The molecule has 5 rings (SSSR count). The van der Waals surface area contributed by atoms with Crippen LogP contribution in [0.5, 0.6) is 11.5 Å². The Balaban J connectivity index is 1.23. The molecule has 3 aliphatic rings. The molecule has 0 radical (unpaired) electrons. The van der Waals surface area contributed by atoms with Gasteiger partial charge in [0, 0.05) is 32.2 Å². The van der Waals surface area contributed by atoms with E-state index in [1.54, 1.807) is 6.07 Å². The second-order valence-corrected chi connectivity index (χ2v) is 10.2. The van der Waals surface area contributed by atoms with Crippen molar-refractivity contribution in [2.24, 2.45) is 0 Å². The average Bonchev–Trinajstić information content (AvgIpc) is 3.13. The van der Waals surface area contributed by atoms with Crippen LogP contribution < -0.4 is 9.47 Å². The molecule has 0 bridgehead atoms. The molecule has 9 nitrogen and oxygen atoms in total. The van der Waals surface area contributed by atoms with E-state index in [9.17, 15) is 18.0 Å². The van der Waals surface area contributed by atoms with Crippen LogP contribution in [0, 0.1) is 0 Å². The van der Waals surface area contributed by atoms with Crippen molar-refractivity contribution in [3.05, 3.63) is 54.1 Å². The Kier molecular flexibility index (Phi) is 5.81. The second kappa shape index (κ2) is 8.77. The summed E-state index contributed by atoms with van der Waals surface area (Å²) in [4.78, 5) is 28.9. The van der Waals surface area contributed by atoms with Gasteiger partial charge in [-0.05, 0) is 17.7 Å². The Labute approximate surface area is 192 Å². The van der Waals surface area contributed by atoms with E-state index in [1.165, 1.54) is 21.3 Å². The summed E-state index contributed by atoms with van der Waals surface area (Å²) in [5.74, 6) is 0.552. The van der Waals surface area contributed by atoms with Crippen LogP contribution in [0.1, 0.15) is 12.0 Å². The fourth-order valence-electron chi connectivity index (χ4n) is 4.47. The van der Waals surface area contributed by atoms with Crippen molar-refractivity contribution in [1.82, 2.24) is 14.1 Å². The van der Waals surface area contributed by atoms with Gasteiger partial charge >= 0.3 is 0 Å². The fourth-order valence-corrected chi connectivity index (χ4v) is 5.91. The number of imide groups is 1. The molecule has 2 fully saturated rings. The number of carbonyl (C=O) groups is 2. The highest BCUT2D eigenvalue weighted by molar-refractivity contribution is 7.89. The maximum atomic E-state index is 13.2. The van der Waals surface area contributed by atoms with Gasteiger partial charge in [-0.15, -0.1) is 0 Å². The summed E-state index contributed by atoms with van der Waals surface area (Å²) in [6.45, 7) is 2.32. The van der Waals surface area contributed by atoms with Crippen molar-refractivity contribution in [1.29, 1.82) is 0 Å². The summed E-state index contributed by atoms with van der Waals surface area (Å²) in [5, 5.41) is 0. The molecular formula is C23H25N3O6S. The number of amides is 2. The SMILES string of the molecule is O=C1CC(N2CCN(S(=O)(=O)c3ccc4c(c3)OCCO4)CC2)C(=O)N1Cc1ccccc1. The minimum Gasteiger partial charge on any atom is -0.486 e. The molecular weight excluding hydrogens is 446 g/mol. The third-order valence-corrected chi connectivity index (χ3v) is 8.16. The van der Waals surface area contributed by atoms with Crippen molar-refractivity contribution >= 4 is 21.8 Å². The zero-order valence-corrected chi connectivity index (χ0v) is 18.9. The number of hydrogen-bond donors (Lipinski definition) is 0. The minimum atomic E-state index is -3.71. The molecule has 0 saturated carbocycles. The first-order chi connectivity index (χ1) is 15.9. The molecule has 3 aliphatic heterocycles. The van der Waals surface area contributed by atoms with Crippen molar-refractivity contribution in [3.63, 3.8) is 0 Å². The van der Waals surface area contributed by atoms with E-state index in [2.05, 4.69) is 0 Å². The van der Waals surface area contributed by atoms with Gasteiger partial charge in [0.05, 0.1) is 23.9 Å². The van der Waals surface area contributed by atoms with Crippen molar-refractivity contribution < 1.29 is 27.5 Å². The Hall–Kier alpha value is -2.95. The zero-order chi connectivity index (χ0) is 23.0. The molecule has 1 unspecified atom stereocenters. The highest BCUT2D eigenvalue weighted by Gasteiger charge is 2.43. The summed E-state index contributed by atoms with van der Waals surface area (Å²) in [6, 6.07) is 13.5. The summed E-state index contributed by atoms with van der Waals surface area (Å²) in [5.41, 5.74) is 0.898. The quantitative estimate of drug-likeness (QED) is 0.603. The molecule has 2 saturated heterocycles. The number of piperazine rings is 1. The number of likely N-dealkylation sites (tertiary alicyclic amines) is 1. The van der Waals surface area contributed by atoms with Gasteiger partial charge in [0.15, 0.2) is 11.5 Å². The first-order valence-electron chi connectivity index (χ1n) is 11.0. The summed E-state index contributed by atoms with van der Waals surface area (Å²) < 4.78 is 38.7. The van der Waals surface area contributed by atoms with Gasteiger partial charge in [-0.1, -0.05) is 30.3 Å². The van der Waals surface area contributed by atoms with Gasteiger partial charge in [-0.25, -0.2) is 8.42 Å². The number of ether oxygens (including phenoxy) is 2. The van der Waals surface area contributed by atoms with Crippen molar-refractivity contribution in [2.75, 3.05) is 39.4 Å². The lowest BCUT2D eigenvalue weighted by Gasteiger charge is -2.36. The molecule has 0 spiro atoms. The molecule has 2 amide bonds. The lowest BCUT2D eigenvalue weighted by Crippen LogP contribution is -2.53. The number of hydrogen-bond acceptors (Lipinski definition) is 7.